The van der Waals surface area contributed by atoms with Crippen LogP contribution in [-0.4, -0.2) is 0 Å². The Morgan fingerprint density at radius 1 is 0.451 bits per heavy atom. The third kappa shape index (κ3) is 5.11. The van der Waals surface area contributed by atoms with E-state index in [2.05, 4.69) is 157 Å². The van der Waals surface area contributed by atoms with Gasteiger partial charge in [0.25, 0.3) is 0 Å². The van der Waals surface area contributed by atoms with Gasteiger partial charge in [-0.25, -0.2) is 0 Å². The number of anilines is 3. The summed E-state index contributed by atoms with van der Waals surface area (Å²) in [6.45, 7) is 0. The Kier molecular flexibility index (Phi) is 7.70. The van der Waals surface area contributed by atoms with Crippen LogP contribution in [0.5, 0.6) is 0 Å². The van der Waals surface area contributed by atoms with Crippen LogP contribution in [0.25, 0.3) is 11.1 Å². The fraction of sp³-hybridized carbons (Fsp3) is 0.280. The van der Waals surface area contributed by atoms with Crippen molar-refractivity contribution < 1.29 is 0 Å². The second kappa shape index (κ2) is 12.7. The van der Waals surface area contributed by atoms with Gasteiger partial charge in [-0.15, -0.1) is 0 Å². The molecule has 3 fully saturated rings. The van der Waals surface area contributed by atoms with Gasteiger partial charge in [-0.3, -0.25) is 0 Å². The third-order valence-corrected chi connectivity index (χ3v) is 13.2. The number of rotatable bonds is 7. The van der Waals surface area contributed by atoms with E-state index >= 15 is 0 Å². The molecule has 0 saturated heterocycles. The molecule has 1 heteroatoms. The molecule has 4 aliphatic carbocycles. The molecular weight excluding hydrogens is 615 g/mol. The molecule has 3 unspecified atom stereocenters. The van der Waals surface area contributed by atoms with Crippen LogP contribution in [0.2, 0.25) is 0 Å². The summed E-state index contributed by atoms with van der Waals surface area (Å²) in [5.74, 6) is 3.26. The van der Waals surface area contributed by atoms with E-state index in [0.29, 0.717) is 5.92 Å². The van der Waals surface area contributed by atoms with Gasteiger partial charge in [0, 0.05) is 17.1 Å². The van der Waals surface area contributed by atoms with E-state index in [9.17, 15) is 0 Å². The molecular formula is C50H47N. The summed E-state index contributed by atoms with van der Waals surface area (Å²) in [6, 6.07) is 58.0. The molecule has 0 spiro atoms. The first-order valence-corrected chi connectivity index (χ1v) is 19.6. The highest BCUT2D eigenvalue weighted by Crippen LogP contribution is 2.57. The van der Waals surface area contributed by atoms with Crippen LogP contribution in [0.15, 0.2) is 152 Å². The Labute approximate surface area is 304 Å². The van der Waals surface area contributed by atoms with E-state index in [1.54, 1.807) is 0 Å². The number of nitrogens with zero attached hydrogens (tertiary/aromatic N) is 1. The second-order valence-electron chi connectivity index (χ2n) is 15.9. The molecule has 3 atom stereocenters. The summed E-state index contributed by atoms with van der Waals surface area (Å²) in [5.41, 5.74) is 14.2. The number of fused-ring (bicyclic) bond motifs is 5. The van der Waals surface area contributed by atoms with E-state index in [0.717, 1.165) is 17.8 Å². The Hall–Kier alpha value is -4.88. The molecule has 10 rings (SSSR count). The number of hydrogen-bond donors (Lipinski definition) is 0. The Balaban J connectivity index is 1.14. The molecule has 0 aromatic heterocycles. The molecule has 0 heterocycles. The van der Waals surface area contributed by atoms with Crippen LogP contribution in [0.1, 0.15) is 103 Å². The molecule has 2 bridgehead atoms. The zero-order chi connectivity index (χ0) is 33.8. The van der Waals surface area contributed by atoms with Crippen molar-refractivity contribution in [1.82, 2.24) is 0 Å². The maximum atomic E-state index is 2.51. The first-order valence-electron chi connectivity index (χ1n) is 19.6. The summed E-state index contributed by atoms with van der Waals surface area (Å²) in [5, 5.41) is 0. The fourth-order valence-electron chi connectivity index (χ4n) is 10.9. The molecule has 0 radical (unpaired) electrons. The van der Waals surface area contributed by atoms with Gasteiger partial charge < -0.3 is 4.90 Å². The standard InChI is InChI=1S/C50H47N/c1-4-12-36(13-5-1)37-22-26-42(27-23-37)51(43-28-24-38(25-29-43)47-33-35-20-21-39(47)32-35)44-30-31-46-45-18-10-11-19-48(45)50(49(46)34-44,40-14-6-2-7-15-40)41-16-8-3-9-17-41/h2-3,6-11,14-19,22-31,34-36,39,47H,1,4-5,12-13,20-21,32-33H2. The molecule has 0 aliphatic heterocycles. The molecule has 51 heavy (non-hydrogen) atoms. The number of hydrogen-bond acceptors (Lipinski definition) is 1. The van der Waals surface area contributed by atoms with Crippen LogP contribution < -0.4 is 4.90 Å². The highest BCUT2D eigenvalue weighted by molar-refractivity contribution is 5.89. The van der Waals surface area contributed by atoms with Crippen LogP contribution >= 0.6 is 0 Å². The minimum atomic E-state index is -0.424. The normalized spacial score (nSPS) is 21.7. The van der Waals surface area contributed by atoms with Gasteiger partial charge in [-0.05, 0) is 137 Å². The van der Waals surface area contributed by atoms with Gasteiger partial charge in [0.2, 0.25) is 0 Å². The molecule has 252 valence electrons. The first kappa shape index (κ1) is 30.9. The predicted molar refractivity (Wildman–Crippen MR) is 212 cm³/mol. The zero-order valence-corrected chi connectivity index (χ0v) is 29.6. The summed E-state index contributed by atoms with van der Waals surface area (Å²) in [6.07, 6.45) is 12.4. The van der Waals surface area contributed by atoms with Crippen LogP contribution in [0.4, 0.5) is 17.1 Å². The molecule has 0 N–H and O–H groups in total. The van der Waals surface area contributed by atoms with Crippen molar-refractivity contribution in [1.29, 1.82) is 0 Å². The average molecular weight is 662 g/mol. The molecule has 4 aliphatic rings. The lowest BCUT2D eigenvalue weighted by molar-refractivity contribution is 0.420. The van der Waals surface area contributed by atoms with Crippen LogP contribution in [-0.2, 0) is 5.41 Å². The Morgan fingerprint density at radius 2 is 1.04 bits per heavy atom. The second-order valence-corrected chi connectivity index (χ2v) is 15.9. The molecule has 0 amide bonds. The minimum Gasteiger partial charge on any atom is -0.310 e. The summed E-state index contributed by atoms with van der Waals surface area (Å²) in [4.78, 5) is 2.51. The van der Waals surface area contributed by atoms with Crippen molar-refractivity contribution in [2.45, 2.75) is 75.0 Å². The van der Waals surface area contributed by atoms with Gasteiger partial charge in [0.15, 0.2) is 0 Å². The lowest BCUT2D eigenvalue weighted by atomic mass is 9.67. The van der Waals surface area contributed by atoms with Crippen molar-refractivity contribution >= 4 is 17.1 Å². The monoisotopic (exact) mass is 661 g/mol. The van der Waals surface area contributed by atoms with E-state index in [1.807, 2.05) is 0 Å². The van der Waals surface area contributed by atoms with Gasteiger partial charge in [-0.1, -0.05) is 141 Å². The average Bonchev–Trinajstić information content (AvgIpc) is 3.93. The van der Waals surface area contributed by atoms with Crippen molar-refractivity contribution in [2.24, 2.45) is 11.8 Å². The van der Waals surface area contributed by atoms with Gasteiger partial charge in [0.1, 0.15) is 0 Å². The van der Waals surface area contributed by atoms with Crippen molar-refractivity contribution in [3.05, 3.63) is 185 Å². The van der Waals surface area contributed by atoms with E-state index in [1.165, 1.54) is 119 Å². The van der Waals surface area contributed by atoms with E-state index in [4.69, 9.17) is 0 Å². The quantitative estimate of drug-likeness (QED) is 0.164. The maximum absolute atomic E-state index is 2.51. The summed E-state index contributed by atoms with van der Waals surface area (Å²) >= 11 is 0. The Bertz CT molecular complexity index is 2100. The lowest BCUT2D eigenvalue weighted by Gasteiger charge is -2.35. The van der Waals surface area contributed by atoms with Crippen LogP contribution in [0, 0.1) is 11.8 Å². The van der Waals surface area contributed by atoms with Gasteiger partial charge in [-0.2, -0.15) is 0 Å². The number of benzene rings is 6. The SMILES string of the molecule is c1ccc(C2(c3ccccc3)c3ccccc3-c3ccc(N(c4ccc(C5CCCCC5)cc4)c4ccc(C5CC6CCC5C6)cc4)cc32)cc1. The van der Waals surface area contributed by atoms with Crippen LogP contribution in [0.3, 0.4) is 0 Å². The molecule has 1 nitrogen and oxygen atoms in total. The van der Waals surface area contributed by atoms with E-state index < -0.39 is 5.41 Å². The van der Waals surface area contributed by atoms with Gasteiger partial charge >= 0.3 is 0 Å². The highest BCUT2D eigenvalue weighted by Gasteiger charge is 2.46. The largest absolute Gasteiger partial charge is 0.310 e. The zero-order valence-electron chi connectivity index (χ0n) is 29.6. The van der Waals surface area contributed by atoms with Crippen molar-refractivity contribution in [3.8, 4) is 11.1 Å². The smallest absolute Gasteiger partial charge is 0.0714 e. The fourth-order valence-corrected chi connectivity index (χ4v) is 10.9. The topological polar surface area (TPSA) is 3.24 Å². The van der Waals surface area contributed by atoms with Gasteiger partial charge in [0.05, 0.1) is 5.41 Å². The predicted octanol–water partition coefficient (Wildman–Crippen LogP) is 13.5. The summed E-state index contributed by atoms with van der Waals surface area (Å²) < 4.78 is 0. The lowest BCUT2D eigenvalue weighted by Crippen LogP contribution is -2.28. The first-order chi connectivity index (χ1) is 25.3. The van der Waals surface area contributed by atoms with Crippen molar-refractivity contribution in [3.63, 3.8) is 0 Å². The summed E-state index contributed by atoms with van der Waals surface area (Å²) in [7, 11) is 0. The minimum absolute atomic E-state index is 0.424. The third-order valence-electron chi connectivity index (χ3n) is 13.2. The molecule has 6 aromatic rings. The molecule has 3 saturated carbocycles. The van der Waals surface area contributed by atoms with Crippen molar-refractivity contribution in [2.75, 3.05) is 4.90 Å². The molecule has 6 aromatic carbocycles. The van der Waals surface area contributed by atoms with E-state index in [-0.39, 0.29) is 0 Å². The highest BCUT2D eigenvalue weighted by atomic mass is 15.1. The maximum Gasteiger partial charge on any atom is 0.0714 e. The Morgan fingerprint density at radius 3 is 1.67 bits per heavy atom.